The van der Waals surface area contributed by atoms with Gasteiger partial charge in [0.1, 0.15) is 5.39 Å². The molecule has 0 fully saturated rings. The first-order valence-electron chi connectivity index (χ1n) is 9.19. The normalized spacial score (nSPS) is 12.1. The molecule has 1 atom stereocenters. The monoisotopic (exact) mass is 439 g/mol. The number of anilines is 1. The molecule has 9 heteroatoms. The number of aryl methyl sites for hydroxylation is 1. The summed E-state index contributed by atoms with van der Waals surface area (Å²) in [7, 11) is 0. The van der Waals surface area contributed by atoms with Crippen LogP contribution in [0.4, 0.5) is 5.69 Å². The quantitative estimate of drug-likeness (QED) is 0.359. The van der Waals surface area contributed by atoms with Crippen LogP contribution in [0.5, 0.6) is 0 Å². The van der Waals surface area contributed by atoms with Crippen LogP contribution < -0.4 is 10.9 Å². The third kappa shape index (κ3) is 4.24. The molecule has 2 aromatic heterocycles. The van der Waals surface area contributed by atoms with E-state index in [-0.39, 0.29) is 11.5 Å². The number of amides is 1. The number of aromatic amines is 1. The predicted molar refractivity (Wildman–Crippen MR) is 120 cm³/mol. The topological polar surface area (TPSA) is 92.7 Å². The van der Waals surface area contributed by atoms with Crippen molar-refractivity contribution in [1.29, 1.82) is 0 Å². The summed E-state index contributed by atoms with van der Waals surface area (Å²) in [6.07, 6.45) is 1.46. The summed E-state index contributed by atoms with van der Waals surface area (Å²) in [5, 5.41) is 7.92. The average molecular weight is 440 g/mol. The van der Waals surface area contributed by atoms with Crippen LogP contribution >= 0.6 is 23.4 Å². The molecule has 1 unspecified atom stereocenters. The highest BCUT2D eigenvalue weighted by Gasteiger charge is 2.18. The highest BCUT2D eigenvalue weighted by Crippen LogP contribution is 2.23. The number of hydrogen-bond acceptors (Lipinski definition) is 5. The first-order valence-corrected chi connectivity index (χ1v) is 10.4. The number of aromatic nitrogens is 4. The van der Waals surface area contributed by atoms with E-state index >= 15 is 0 Å². The Kier molecular flexibility index (Phi) is 5.61. The van der Waals surface area contributed by atoms with Crippen LogP contribution in [0.1, 0.15) is 12.5 Å². The van der Waals surface area contributed by atoms with Crippen molar-refractivity contribution in [3.63, 3.8) is 0 Å². The van der Waals surface area contributed by atoms with Gasteiger partial charge in [-0.25, -0.2) is 9.67 Å². The lowest BCUT2D eigenvalue weighted by molar-refractivity contribution is -0.115. The Hall–Kier alpha value is -3.10. The van der Waals surface area contributed by atoms with Crippen molar-refractivity contribution in [2.45, 2.75) is 24.3 Å². The van der Waals surface area contributed by atoms with E-state index in [1.807, 2.05) is 37.3 Å². The van der Waals surface area contributed by atoms with E-state index in [1.165, 1.54) is 18.0 Å². The van der Waals surface area contributed by atoms with Crippen molar-refractivity contribution in [1.82, 2.24) is 19.7 Å². The number of H-pyrrole nitrogens is 1. The minimum Gasteiger partial charge on any atom is -0.325 e. The number of halogens is 1. The minimum atomic E-state index is -0.478. The SMILES string of the molecule is Cc1cccc(NC(=O)C(C)Sc2nc3c(cnn3-c3cccc(Cl)c3)c(=O)[nH]2)c1. The summed E-state index contributed by atoms with van der Waals surface area (Å²) in [4.78, 5) is 32.3. The van der Waals surface area contributed by atoms with Gasteiger partial charge in [0.25, 0.3) is 5.56 Å². The Balaban J connectivity index is 1.60. The van der Waals surface area contributed by atoms with Gasteiger partial charge in [-0.2, -0.15) is 5.10 Å². The molecular weight excluding hydrogens is 422 g/mol. The number of carbonyl (C=O) groups is 1. The van der Waals surface area contributed by atoms with Crippen LogP contribution in [0.25, 0.3) is 16.7 Å². The van der Waals surface area contributed by atoms with E-state index in [0.717, 1.165) is 11.3 Å². The van der Waals surface area contributed by atoms with Crippen LogP contribution in [0.3, 0.4) is 0 Å². The molecule has 0 radical (unpaired) electrons. The number of nitrogens with one attached hydrogen (secondary N) is 2. The number of thioether (sulfide) groups is 1. The molecule has 0 saturated heterocycles. The molecule has 2 aromatic carbocycles. The fourth-order valence-corrected chi connectivity index (χ4v) is 3.91. The van der Waals surface area contributed by atoms with Crippen molar-refractivity contribution < 1.29 is 4.79 Å². The summed E-state index contributed by atoms with van der Waals surface area (Å²) < 4.78 is 1.55. The number of carbonyl (C=O) groups excluding carboxylic acids is 1. The molecule has 152 valence electrons. The van der Waals surface area contributed by atoms with E-state index < -0.39 is 5.25 Å². The van der Waals surface area contributed by atoms with Crippen LogP contribution in [0.2, 0.25) is 5.02 Å². The lowest BCUT2D eigenvalue weighted by Crippen LogP contribution is -2.23. The Morgan fingerprint density at radius 2 is 2.03 bits per heavy atom. The maximum Gasteiger partial charge on any atom is 0.262 e. The Morgan fingerprint density at radius 3 is 2.80 bits per heavy atom. The fraction of sp³-hybridized carbons (Fsp3) is 0.143. The summed E-state index contributed by atoms with van der Waals surface area (Å²) in [5.41, 5.74) is 2.55. The summed E-state index contributed by atoms with van der Waals surface area (Å²) in [5.74, 6) is -0.184. The summed E-state index contributed by atoms with van der Waals surface area (Å²) in [6.45, 7) is 3.72. The van der Waals surface area contributed by atoms with Gasteiger partial charge in [0.05, 0.1) is 17.1 Å². The molecular formula is C21H18ClN5O2S. The van der Waals surface area contributed by atoms with Crippen molar-refractivity contribution >= 4 is 46.0 Å². The fourth-order valence-electron chi connectivity index (χ4n) is 2.94. The first kappa shape index (κ1) is 20.2. The summed E-state index contributed by atoms with van der Waals surface area (Å²) >= 11 is 7.25. The molecule has 0 saturated carbocycles. The Labute approximate surface area is 181 Å². The van der Waals surface area contributed by atoms with Crippen LogP contribution in [0.15, 0.2) is 64.7 Å². The second-order valence-electron chi connectivity index (χ2n) is 6.76. The van der Waals surface area contributed by atoms with E-state index in [4.69, 9.17) is 11.6 Å². The maximum absolute atomic E-state index is 12.6. The third-order valence-electron chi connectivity index (χ3n) is 4.41. The van der Waals surface area contributed by atoms with E-state index in [2.05, 4.69) is 20.4 Å². The molecule has 30 heavy (non-hydrogen) atoms. The van der Waals surface area contributed by atoms with Gasteiger partial charge in [-0.1, -0.05) is 41.6 Å². The lowest BCUT2D eigenvalue weighted by Gasteiger charge is -2.12. The summed E-state index contributed by atoms with van der Waals surface area (Å²) in [6, 6.07) is 14.7. The van der Waals surface area contributed by atoms with Crippen molar-refractivity contribution in [3.05, 3.63) is 75.7 Å². The van der Waals surface area contributed by atoms with Crippen molar-refractivity contribution in [3.8, 4) is 5.69 Å². The minimum absolute atomic E-state index is 0.184. The van der Waals surface area contributed by atoms with E-state index in [9.17, 15) is 9.59 Å². The van der Waals surface area contributed by atoms with Crippen molar-refractivity contribution in [2.24, 2.45) is 0 Å². The molecule has 1 amide bonds. The standard InChI is InChI=1S/C21H18ClN5O2S/c1-12-5-3-7-15(9-12)24-19(28)13(2)30-21-25-18-17(20(29)26-21)11-23-27(18)16-8-4-6-14(22)10-16/h3-11,13H,1-2H3,(H,24,28)(H,25,26,29). The van der Waals surface area contributed by atoms with Crippen LogP contribution in [-0.4, -0.2) is 30.9 Å². The smallest absolute Gasteiger partial charge is 0.262 e. The maximum atomic E-state index is 12.6. The highest BCUT2D eigenvalue weighted by atomic mass is 35.5. The van der Waals surface area contributed by atoms with Crippen LogP contribution in [0, 0.1) is 6.92 Å². The molecule has 4 rings (SSSR count). The zero-order valence-electron chi connectivity index (χ0n) is 16.2. The molecule has 2 heterocycles. The van der Waals surface area contributed by atoms with Gasteiger partial charge in [-0.05, 0) is 49.7 Å². The molecule has 7 nitrogen and oxygen atoms in total. The molecule has 0 aliphatic carbocycles. The molecule has 2 N–H and O–H groups in total. The lowest BCUT2D eigenvalue weighted by atomic mass is 10.2. The Bertz CT molecular complexity index is 1300. The van der Waals surface area contributed by atoms with Gasteiger partial charge in [-0.15, -0.1) is 0 Å². The van der Waals surface area contributed by atoms with Gasteiger partial charge in [-0.3, -0.25) is 9.59 Å². The molecule has 0 aliphatic rings. The number of rotatable bonds is 5. The highest BCUT2D eigenvalue weighted by molar-refractivity contribution is 8.00. The zero-order valence-corrected chi connectivity index (χ0v) is 17.8. The zero-order chi connectivity index (χ0) is 21.3. The number of fused-ring (bicyclic) bond motifs is 1. The van der Waals surface area contributed by atoms with Gasteiger partial charge >= 0.3 is 0 Å². The first-order chi connectivity index (χ1) is 14.4. The molecule has 0 bridgehead atoms. The number of nitrogens with zero attached hydrogens (tertiary/aromatic N) is 3. The molecule has 0 spiro atoms. The number of benzene rings is 2. The molecule has 0 aliphatic heterocycles. The second-order valence-corrected chi connectivity index (χ2v) is 8.53. The van der Waals surface area contributed by atoms with Crippen LogP contribution in [-0.2, 0) is 4.79 Å². The van der Waals surface area contributed by atoms with Gasteiger partial charge < -0.3 is 10.3 Å². The van der Waals surface area contributed by atoms with Gasteiger partial charge in [0.2, 0.25) is 5.91 Å². The van der Waals surface area contributed by atoms with Gasteiger partial charge in [0, 0.05) is 10.7 Å². The largest absolute Gasteiger partial charge is 0.325 e. The number of hydrogen-bond donors (Lipinski definition) is 2. The second kappa shape index (κ2) is 8.33. The average Bonchev–Trinajstić information content (AvgIpc) is 3.12. The van der Waals surface area contributed by atoms with Gasteiger partial charge in [0.15, 0.2) is 10.8 Å². The predicted octanol–water partition coefficient (Wildman–Crippen LogP) is 4.19. The molecule has 4 aromatic rings. The Morgan fingerprint density at radius 1 is 1.23 bits per heavy atom. The van der Waals surface area contributed by atoms with E-state index in [0.29, 0.717) is 26.9 Å². The van der Waals surface area contributed by atoms with Crippen molar-refractivity contribution in [2.75, 3.05) is 5.32 Å². The third-order valence-corrected chi connectivity index (χ3v) is 5.63. The van der Waals surface area contributed by atoms with E-state index in [1.54, 1.807) is 29.8 Å².